The van der Waals surface area contributed by atoms with E-state index in [2.05, 4.69) is 25.9 Å². The number of nitrogens with one attached hydrogen (secondary N) is 4. The molecule has 0 bridgehead atoms. The molecule has 0 spiro atoms. The number of benzene rings is 2. The van der Waals surface area contributed by atoms with Crippen molar-refractivity contribution in [2.24, 2.45) is 5.73 Å². The SMILES string of the molecule is Cc1cc(F)c(NC(=O)Nc2nc(=O)c(-c3ccc(CNCCCN)cc3F)c[nH]2)cc1F. The van der Waals surface area contributed by atoms with Gasteiger partial charge in [-0.15, -0.1) is 0 Å². The number of amides is 2. The molecule has 3 rings (SSSR count). The fraction of sp³-hybridized carbons (Fsp3) is 0.227. The molecule has 11 heteroatoms. The highest BCUT2D eigenvalue weighted by atomic mass is 19.1. The van der Waals surface area contributed by atoms with Crippen LogP contribution in [0.25, 0.3) is 11.1 Å². The molecule has 2 aromatic carbocycles. The largest absolute Gasteiger partial charge is 0.331 e. The van der Waals surface area contributed by atoms with E-state index in [-0.39, 0.29) is 28.3 Å². The van der Waals surface area contributed by atoms with E-state index in [1.54, 1.807) is 6.07 Å². The average molecular weight is 460 g/mol. The number of hydrogen-bond acceptors (Lipinski definition) is 5. The number of rotatable bonds is 8. The standard InChI is InChI=1S/C22H23F3N6O2/c1-12-7-18(25)19(9-16(12)23)29-22(33)31-21-28-11-15(20(32)30-21)14-4-3-13(8-17(14)24)10-27-6-2-5-26/h3-4,7-9,11,27H,2,5-6,10,26H2,1H3,(H3,28,29,30,31,32,33). The van der Waals surface area contributed by atoms with Crippen LogP contribution in [0.5, 0.6) is 0 Å². The van der Waals surface area contributed by atoms with Gasteiger partial charge in [0.2, 0.25) is 5.95 Å². The maximum atomic E-state index is 14.6. The number of carbonyl (C=O) groups excluding carboxylic acids is 1. The van der Waals surface area contributed by atoms with Gasteiger partial charge in [-0.3, -0.25) is 10.1 Å². The van der Waals surface area contributed by atoms with Gasteiger partial charge in [-0.1, -0.05) is 12.1 Å². The second kappa shape index (κ2) is 10.7. The van der Waals surface area contributed by atoms with Crippen LogP contribution in [0, 0.1) is 24.4 Å². The van der Waals surface area contributed by atoms with Gasteiger partial charge in [0, 0.05) is 24.4 Å². The fourth-order valence-electron chi connectivity index (χ4n) is 3.00. The van der Waals surface area contributed by atoms with Crippen LogP contribution in [-0.2, 0) is 6.54 Å². The molecule has 0 aliphatic carbocycles. The second-order valence-electron chi connectivity index (χ2n) is 7.26. The van der Waals surface area contributed by atoms with Gasteiger partial charge in [0.05, 0.1) is 11.3 Å². The number of carbonyl (C=O) groups is 1. The van der Waals surface area contributed by atoms with Crippen molar-refractivity contribution in [1.82, 2.24) is 15.3 Å². The Balaban J connectivity index is 1.69. The number of H-pyrrole nitrogens is 1. The Labute approximate surface area is 187 Å². The molecule has 0 fully saturated rings. The van der Waals surface area contributed by atoms with Crippen molar-refractivity contribution in [1.29, 1.82) is 0 Å². The summed E-state index contributed by atoms with van der Waals surface area (Å²) in [5.41, 5.74) is 5.05. The highest BCUT2D eigenvalue weighted by molar-refractivity contribution is 5.98. The number of nitrogens with zero attached hydrogens (tertiary/aromatic N) is 1. The number of aromatic nitrogens is 2. The number of hydrogen-bond donors (Lipinski definition) is 5. The van der Waals surface area contributed by atoms with Gasteiger partial charge in [-0.2, -0.15) is 4.98 Å². The van der Waals surface area contributed by atoms with Gasteiger partial charge in [-0.05, 0) is 49.7 Å². The molecule has 0 saturated carbocycles. The van der Waals surface area contributed by atoms with Crippen LogP contribution in [0.3, 0.4) is 0 Å². The molecule has 3 aromatic rings. The summed E-state index contributed by atoms with van der Waals surface area (Å²) in [5, 5.41) is 7.48. The Bertz CT molecular complexity index is 1220. The molecule has 0 atom stereocenters. The second-order valence-corrected chi connectivity index (χ2v) is 7.26. The maximum Gasteiger partial charge on any atom is 0.326 e. The van der Waals surface area contributed by atoms with Crippen molar-refractivity contribution in [3.63, 3.8) is 0 Å². The van der Waals surface area contributed by atoms with Crippen LogP contribution in [0.2, 0.25) is 0 Å². The Morgan fingerprint density at radius 2 is 1.85 bits per heavy atom. The number of nitrogens with two attached hydrogens (primary N) is 1. The summed E-state index contributed by atoms with van der Waals surface area (Å²) in [4.78, 5) is 30.7. The molecule has 0 unspecified atom stereocenters. The molecule has 1 heterocycles. The lowest BCUT2D eigenvalue weighted by molar-refractivity contribution is 0.262. The van der Waals surface area contributed by atoms with Crippen LogP contribution >= 0.6 is 0 Å². The van der Waals surface area contributed by atoms with E-state index in [4.69, 9.17) is 5.73 Å². The highest BCUT2D eigenvalue weighted by Crippen LogP contribution is 2.21. The first-order valence-corrected chi connectivity index (χ1v) is 10.1. The lowest BCUT2D eigenvalue weighted by atomic mass is 10.1. The molecular weight excluding hydrogens is 437 g/mol. The summed E-state index contributed by atoms with van der Waals surface area (Å²) >= 11 is 0. The van der Waals surface area contributed by atoms with Crippen LogP contribution < -0.4 is 27.2 Å². The summed E-state index contributed by atoms with van der Waals surface area (Å²) in [5.74, 6) is -2.37. The topological polar surface area (TPSA) is 125 Å². The zero-order valence-electron chi connectivity index (χ0n) is 17.8. The van der Waals surface area contributed by atoms with Gasteiger partial charge < -0.3 is 21.4 Å². The predicted octanol–water partition coefficient (Wildman–Crippen LogP) is 3.25. The third-order valence-corrected chi connectivity index (χ3v) is 4.74. The van der Waals surface area contributed by atoms with Crippen LogP contribution in [0.1, 0.15) is 17.5 Å². The molecule has 174 valence electrons. The predicted molar refractivity (Wildman–Crippen MR) is 119 cm³/mol. The minimum Gasteiger partial charge on any atom is -0.331 e. The smallest absolute Gasteiger partial charge is 0.326 e. The quantitative estimate of drug-likeness (QED) is 0.330. The first-order valence-electron chi connectivity index (χ1n) is 10.1. The van der Waals surface area contributed by atoms with Crippen molar-refractivity contribution in [2.45, 2.75) is 19.9 Å². The van der Waals surface area contributed by atoms with E-state index in [1.807, 2.05) is 0 Å². The molecule has 2 amide bonds. The van der Waals surface area contributed by atoms with E-state index < -0.39 is 29.0 Å². The summed E-state index contributed by atoms with van der Waals surface area (Å²) in [6.45, 7) is 3.10. The number of halogens is 3. The van der Waals surface area contributed by atoms with E-state index >= 15 is 0 Å². The normalized spacial score (nSPS) is 10.8. The van der Waals surface area contributed by atoms with Gasteiger partial charge in [0.15, 0.2) is 0 Å². The van der Waals surface area contributed by atoms with Crippen molar-refractivity contribution >= 4 is 17.7 Å². The third kappa shape index (κ3) is 6.18. The van der Waals surface area contributed by atoms with Gasteiger partial charge in [0.25, 0.3) is 5.56 Å². The molecule has 8 nitrogen and oxygen atoms in total. The summed E-state index contributed by atoms with van der Waals surface area (Å²) < 4.78 is 42.1. The minimum atomic E-state index is -0.953. The first kappa shape index (κ1) is 24.0. The lowest BCUT2D eigenvalue weighted by Gasteiger charge is -2.10. The Morgan fingerprint density at radius 1 is 1.06 bits per heavy atom. The monoisotopic (exact) mass is 460 g/mol. The lowest BCUT2D eigenvalue weighted by Crippen LogP contribution is -2.24. The zero-order valence-corrected chi connectivity index (χ0v) is 17.8. The van der Waals surface area contributed by atoms with Gasteiger partial charge >= 0.3 is 6.03 Å². The first-order chi connectivity index (χ1) is 15.8. The summed E-state index contributed by atoms with van der Waals surface area (Å²) in [6, 6.07) is 5.29. The van der Waals surface area contributed by atoms with Gasteiger partial charge in [0.1, 0.15) is 17.5 Å². The van der Waals surface area contributed by atoms with Crippen molar-refractivity contribution < 1.29 is 18.0 Å². The molecular formula is C22H23F3N6O2. The average Bonchev–Trinajstić information content (AvgIpc) is 2.76. The van der Waals surface area contributed by atoms with Crippen LogP contribution in [0.4, 0.5) is 29.6 Å². The summed E-state index contributed by atoms with van der Waals surface area (Å²) in [6.07, 6.45) is 2.01. The van der Waals surface area contributed by atoms with E-state index in [0.29, 0.717) is 25.2 Å². The molecule has 6 N–H and O–H groups in total. The number of urea groups is 1. The molecule has 0 radical (unpaired) electrons. The number of anilines is 2. The van der Waals surface area contributed by atoms with Gasteiger partial charge in [-0.25, -0.2) is 18.0 Å². The summed E-state index contributed by atoms with van der Waals surface area (Å²) in [7, 11) is 0. The maximum absolute atomic E-state index is 14.6. The highest BCUT2D eigenvalue weighted by Gasteiger charge is 2.14. The van der Waals surface area contributed by atoms with Crippen molar-refractivity contribution in [3.05, 3.63) is 75.5 Å². The van der Waals surface area contributed by atoms with Crippen molar-refractivity contribution in [3.8, 4) is 11.1 Å². The van der Waals surface area contributed by atoms with Crippen LogP contribution in [0.15, 0.2) is 41.3 Å². The van der Waals surface area contributed by atoms with E-state index in [1.165, 1.54) is 25.3 Å². The van der Waals surface area contributed by atoms with E-state index in [9.17, 15) is 22.8 Å². The zero-order chi connectivity index (χ0) is 24.0. The Morgan fingerprint density at radius 3 is 2.55 bits per heavy atom. The van der Waals surface area contributed by atoms with E-state index in [0.717, 1.165) is 18.6 Å². The molecule has 0 aliphatic heterocycles. The van der Waals surface area contributed by atoms with Crippen molar-refractivity contribution in [2.75, 3.05) is 23.7 Å². The molecule has 33 heavy (non-hydrogen) atoms. The molecule has 0 aliphatic rings. The Kier molecular flexibility index (Phi) is 7.80. The third-order valence-electron chi connectivity index (χ3n) is 4.74. The van der Waals surface area contributed by atoms with Crippen LogP contribution in [-0.4, -0.2) is 29.1 Å². The Hall–Kier alpha value is -3.70. The number of aryl methyl sites for hydroxylation is 1. The molecule has 0 saturated heterocycles. The minimum absolute atomic E-state index is 0.0345. The number of aromatic amines is 1. The molecule has 1 aromatic heterocycles. The fourth-order valence-corrected chi connectivity index (χ4v) is 3.00.